The Bertz CT molecular complexity index is 981. The van der Waals surface area contributed by atoms with Gasteiger partial charge >= 0.3 is 0 Å². The topological polar surface area (TPSA) is 87.2 Å². The van der Waals surface area contributed by atoms with Gasteiger partial charge in [0.25, 0.3) is 10.0 Å². The van der Waals surface area contributed by atoms with E-state index in [1.165, 1.54) is 18.3 Å². The number of rotatable bonds is 5. The predicted octanol–water partition coefficient (Wildman–Crippen LogP) is 2.91. The van der Waals surface area contributed by atoms with Gasteiger partial charge < -0.3 is 10.5 Å². The van der Waals surface area contributed by atoms with Crippen LogP contribution in [-0.2, 0) is 10.0 Å². The van der Waals surface area contributed by atoms with E-state index in [4.69, 9.17) is 10.5 Å². The summed E-state index contributed by atoms with van der Waals surface area (Å²) in [5, 5.41) is 3.90. The van der Waals surface area contributed by atoms with Gasteiger partial charge in [-0.25, -0.2) is 4.39 Å². The fraction of sp³-hybridized carbons (Fsp3) is 0.118. The van der Waals surface area contributed by atoms with Crippen molar-refractivity contribution < 1.29 is 17.5 Å². The molecular formula is C17H16FN3O3S. The maximum Gasteiger partial charge on any atom is 0.283 e. The van der Waals surface area contributed by atoms with E-state index in [0.717, 1.165) is 16.2 Å². The molecule has 0 spiro atoms. The first kappa shape index (κ1) is 17.0. The summed E-state index contributed by atoms with van der Waals surface area (Å²) in [4.78, 5) is -0.0744. The minimum absolute atomic E-state index is 0.0744. The van der Waals surface area contributed by atoms with Gasteiger partial charge in [-0.3, -0.25) is 0 Å². The fourth-order valence-corrected chi connectivity index (χ4v) is 3.46. The maximum absolute atomic E-state index is 13.0. The van der Waals surface area contributed by atoms with E-state index < -0.39 is 15.8 Å². The molecular weight excluding hydrogens is 345 g/mol. The van der Waals surface area contributed by atoms with E-state index in [9.17, 15) is 12.8 Å². The van der Waals surface area contributed by atoms with E-state index in [2.05, 4.69) is 5.10 Å². The zero-order valence-corrected chi connectivity index (χ0v) is 14.2. The number of anilines is 1. The fourth-order valence-electron chi connectivity index (χ4n) is 2.32. The zero-order valence-electron chi connectivity index (χ0n) is 13.4. The number of aromatic nitrogens is 2. The number of hydrogen-bond donors (Lipinski definition) is 1. The largest absolute Gasteiger partial charge is 0.494 e. The molecule has 0 bridgehead atoms. The normalized spacial score (nSPS) is 11.4. The van der Waals surface area contributed by atoms with Gasteiger partial charge in [-0.2, -0.15) is 12.5 Å². The molecule has 1 aromatic heterocycles. The Morgan fingerprint density at radius 1 is 1.12 bits per heavy atom. The average molecular weight is 361 g/mol. The molecule has 2 N–H and O–H groups in total. The molecule has 0 radical (unpaired) electrons. The van der Waals surface area contributed by atoms with Gasteiger partial charge in [0.1, 0.15) is 11.6 Å². The number of nitrogens with two attached hydrogens (primary N) is 1. The third kappa shape index (κ3) is 3.34. The van der Waals surface area contributed by atoms with Crippen molar-refractivity contribution in [1.29, 1.82) is 0 Å². The summed E-state index contributed by atoms with van der Waals surface area (Å²) < 4.78 is 44.3. The molecule has 0 saturated heterocycles. The summed E-state index contributed by atoms with van der Waals surface area (Å²) >= 11 is 0. The molecule has 0 atom stereocenters. The minimum atomic E-state index is -3.95. The van der Waals surface area contributed by atoms with E-state index in [1.54, 1.807) is 24.3 Å². The lowest BCUT2D eigenvalue weighted by Crippen LogP contribution is -2.13. The summed E-state index contributed by atoms with van der Waals surface area (Å²) in [6.07, 6.45) is 1.34. The first-order chi connectivity index (χ1) is 11.9. The van der Waals surface area contributed by atoms with E-state index in [1.807, 2.05) is 6.92 Å². The lowest BCUT2D eigenvalue weighted by atomic mass is 10.1. The Hall–Kier alpha value is -2.87. The third-order valence-electron chi connectivity index (χ3n) is 3.56. The predicted molar refractivity (Wildman–Crippen MR) is 92.2 cm³/mol. The second-order valence-corrected chi connectivity index (χ2v) is 7.01. The Morgan fingerprint density at radius 3 is 2.36 bits per heavy atom. The van der Waals surface area contributed by atoms with Gasteiger partial charge in [-0.05, 0) is 48.9 Å². The van der Waals surface area contributed by atoms with Crippen LogP contribution in [-0.4, -0.2) is 24.2 Å². The highest BCUT2D eigenvalue weighted by molar-refractivity contribution is 7.89. The number of hydrogen-bond acceptors (Lipinski definition) is 5. The summed E-state index contributed by atoms with van der Waals surface area (Å²) in [6.45, 7) is 2.44. The van der Waals surface area contributed by atoms with Crippen LogP contribution in [0, 0.1) is 5.82 Å². The summed E-state index contributed by atoms with van der Waals surface area (Å²) in [5.41, 5.74) is 7.07. The van der Waals surface area contributed by atoms with Gasteiger partial charge in [0, 0.05) is 5.56 Å². The van der Waals surface area contributed by atoms with Gasteiger partial charge in [0.05, 0.1) is 17.7 Å². The second kappa shape index (κ2) is 6.56. The van der Waals surface area contributed by atoms with Crippen molar-refractivity contribution in [2.75, 3.05) is 12.3 Å². The molecule has 0 amide bonds. The molecule has 0 unspecified atom stereocenters. The highest BCUT2D eigenvalue weighted by Gasteiger charge is 2.20. The molecule has 0 aliphatic heterocycles. The Morgan fingerprint density at radius 2 is 1.76 bits per heavy atom. The monoisotopic (exact) mass is 361 g/mol. The van der Waals surface area contributed by atoms with Gasteiger partial charge in [-0.1, -0.05) is 12.1 Å². The molecule has 130 valence electrons. The first-order valence-corrected chi connectivity index (χ1v) is 8.95. The number of benzene rings is 2. The molecule has 2 aromatic carbocycles. The Kier molecular flexibility index (Phi) is 4.45. The smallest absolute Gasteiger partial charge is 0.283 e. The molecule has 8 heteroatoms. The van der Waals surface area contributed by atoms with Crippen LogP contribution < -0.4 is 10.5 Å². The number of ether oxygens (including phenoxy) is 1. The lowest BCUT2D eigenvalue weighted by Gasteiger charge is -2.04. The van der Waals surface area contributed by atoms with E-state index in [0.29, 0.717) is 23.5 Å². The first-order valence-electron chi connectivity index (χ1n) is 7.51. The molecule has 3 rings (SSSR count). The zero-order chi connectivity index (χ0) is 18.0. The molecule has 0 aliphatic rings. The van der Waals surface area contributed by atoms with Gasteiger partial charge in [0.2, 0.25) is 0 Å². The number of halogens is 1. The van der Waals surface area contributed by atoms with Crippen molar-refractivity contribution in [2.45, 2.75) is 11.8 Å². The van der Waals surface area contributed by atoms with Crippen molar-refractivity contribution >= 4 is 15.8 Å². The van der Waals surface area contributed by atoms with Crippen LogP contribution in [0.5, 0.6) is 5.75 Å². The van der Waals surface area contributed by atoms with Gasteiger partial charge in [-0.15, -0.1) is 5.10 Å². The van der Waals surface area contributed by atoms with Crippen LogP contribution in [0.2, 0.25) is 0 Å². The Labute approximate surface area is 144 Å². The second-order valence-electron chi connectivity index (χ2n) is 5.22. The molecule has 25 heavy (non-hydrogen) atoms. The SMILES string of the molecule is CCOc1ccc(-c2cn(S(=O)(=O)c3ccc(F)cc3)nc2N)cc1. The van der Waals surface area contributed by atoms with Crippen LogP contribution >= 0.6 is 0 Å². The van der Waals surface area contributed by atoms with Gasteiger partial charge in [0.15, 0.2) is 5.82 Å². The Balaban J connectivity index is 1.98. The summed E-state index contributed by atoms with van der Waals surface area (Å²) in [5.74, 6) is 0.264. The molecule has 0 saturated carbocycles. The van der Waals surface area contributed by atoms with Crippen LogP contribution in [0.1, 0.15) is 6.92 Å². The van der Waals surface area contributed by atoms with Crippen molar-refractivity contribution in [3.63, 3.8) is 0 Å². The third-order valence-corrected chi connectivity index (χ3v) is 5.10. The molecule has 3 aromatic rings. The maximum atomic E-state index is 13.0. The minimum Gasteiger partial charge on any atom is -0.494 e. The van der Waals surface area contributed by atoms with Crippen LogP contribution in [0.25, 0.3) is 11.1 Å². The van der Waals surface area contributed by atoms with Crippen molar-refractivity contribution in [3.8, 4) is 16.9 Å². The van der Waals surface area contributed by atoms with Crippen LogP contribution in [0.4, 0.5) is 10.2 Å². The van der Waals surface area contributed by atoms with E-state index in [-0.39, 0.29) is 10.7 Å². The number of nitrogen functional groups attached to an aromatic ring is 1. The van der Waals surface area contributed by atoms with Crippen LogP contribution in [0.3, 0.4) is 0 Å². The molecule has 1 heterocycles. The molecule has 6 nitrogen and oxygen atoms in total. The summed E-state index contributed by atoms with van der Waals surface area (Å²) in [7, 11) is -3.95. The molecule has 0 fully saturated rings. The standard InChI is InChI=1S/C17H16FN3O3S/c1-2-24-14-7-3-12(4-8-14)16-11-21(20-17(16)19)25(22,23)15-9-5-13(18)6-10-15/h3-11H,2H2,1H3,(H2,19,20). The average Bonchev–Trinajstić information content (AvgIpc) is 2.99. The quantitative estimate of drug-likeness (QED) is 0.755. The highest BCUT2D eigenvalue weighted by Crippen LogP contribution is 2.28. The van der Waals surface area contributed by atoms with Crippen molar-refractivity contribution in [2.24, 2.45) is 0 Å². The van der Waals surface area contributed by atoms with Crippen LogP contribution in [0.15, 0.2) is 59.6 Å². The van der Waals surface area contributed by atoms with E-state index >= 15 is 0 Å². The number of nitrogens with zero attached hydrogens (tertiary/aromatic N) is 2. The van der Waals surface area contributed by atoms with Crippen molar-refractivity contribution in [1.82, 2.24) is 9.19 Å². The van der Waals surface area contributed by atoms with Crippen molar-refractivity contribution in [3.05, 3.63) is 60.5 Å². The summed E-state index contributed by atoms with van der Waals surface area (Å²) in [6, 6.07) is 11.6. The molecule has 0 aliphatic carbocycles. The lowest BCUT2D eigenvalue weighted by molar-refractivity contribution is 0.340. The highest BCUT2D eigenvalue weighted by atomic mass is 32.2.